The van der Waals surface area contributed by atoms with Gasteiger partial charge in [-0.1, -0.05) is 211 Å². The van der Waals surface area contributed by atoms with Gasteiger partial charge in [-0.3, -0.25) is 18.6 Å². The van der Waals surface area contributed by atoms with Crippen molar-refractivity contribution in [1.82, 2.24) is 0 Å². The van der Waals surface area contributed by atoms with Gasteiger partial charge in [0, 0.05) is 20.0 Å². The summed E-state index contributed by atoms with van der Waals surface area (Å²) in [7, 11) is -3.21. The second-order valence-corrected chi connectivity index (χ2v) is 17.4. The Morgan fingerprint density at radius 1 is 0.509 bits per heavy atom. The fraction of sp³-hybridized carbons (Fsp3) is 0.833. The van der Waals surface area contributed by atoms with Gasteiger partial charge in [0.25, 0.3) is 0 Å². The van der Waals surface area contributed by atoms with E-state index in [1.165, 1.54) is 128 Å². The number of hydrogen-bond acceptors (Lipinski definition) is 7. The van der Waals surface area contributed by atoms with E-state index in [0.717, 1.165) is 77.7 Å². The topological polar surface area (TPSA) is 108 Å². The normalized spacial score (nSPS) is 13.5. The number of esters is 2. The highest BCUT2D eigenvalue weighted by Gasteiger charge is 2.24. The average molecular weight is 825 g/mol. The van der Waals surface area contributed by atoms with Gasteiger partial charge in [0.1, 0.15) is 6.61 Å². The third-order valence-electron chi connectivity index (χ3n) is 10.4. The quantitative estimate of drug-likeness (QED) is 0.0280. The summed E-state index contributed by atoms with van der Waals surface area (Å²) in [5.74, 6) is -0.814. The van der Waals surface area contributed by atoms with Crippen molar-refractivity contribution < 1.29 is 37.6 Å². The summed E-state index contributed by atoms with van der Waals surface area (Å²) in [4.78, 5) is 34.5. The Labute approximate surface area is 351 Å². The Balaban J connectivity index is 3.88. The Kier molecular flexibility index (Phi) is 42.5. The van der Waals surface area contributed by atoms with Crippen LogP contribution in [-0.4, -0.2) is 43.3 Å². The molecular weight excluding hydrogens is 735 g/mol. The van der Waals surface area contributed by atoms with Gasteiger partial charge >= 0.3 is 19.8 Å². The van der Waals surface area contributed by atoms with Crippen LogP contribution >= 0.6 is 7.82 Å². The first-order valence-corrected chi connectivity index (χ1v) is 25.2. The highest BCUT2D eigenvalue weighted by atomic mass is 31.2. The lowest BCUT2D eigenvalue weighted by Gasteiger charge is -2.19. The summed E-state index contributed by atoms with van der Waals surface area (Å²) in [5, 5.41) is 0. The number of rotatable bonds is 44. The zero-order valence-corrected chi connectivity index (χ0v) is 38.1. The molecule has 0 aliphatic carbocycles. The van der Waals surface area contributed by atoms with Gasteiger partial charge in [0.2, 0.25) is 0 Å². The molecule has 0 aromatic heterocycles. The molecule has 0 amide bonds. The van der Waals surface area contributed by atoms with Crippen LogP contribution in [0.4, 0.5) is 0 Å². The van der Waals surface area contributed by atoms with Gasteiger partial charge in [-0.15, -0.1) is 0 Å². The van der Waals surface area contributed by atoms with Crippen LogP contribution in [0.1, 0.15) is 232 Å². The smallest absolute Gasteiger partial charge is 0.462 e. The molecule has 9 heteroatoms. The summed E-state index contributed by atoms with van der Waals surface area (Å²) in [6.07, 6.45) is 52.1. The van der Waals surface area contributed by atoms with E-state index in [9.17, 15) is 19.0 Å². The Bertz CT molecular complexity index is 1030. The lowest BCUT2D eigenvalue weighted by atomic mass is 10.0. The highest BCUT2D eigenvalue weighted by molar-refractivity contribution is 7.47. The van der Waals surface area contributed by atoms with Crippen molar-refractivity contribution in [3.05, 3.63) is 36.5 Å². The predicted octanol–water partition coefficient (Wildman–Crippen LogP) is 15.2. The third-order valence-corrected chi connectivity index (χ3v) is 11.3. The van der Waals surface area contributed by atoms with E-state index >= 15 is 0 Å². The first kappa shape index (κ1) is 55.3. The first-order chi connectivity index (χ1) is 27.8. The summed E-state index contributed by atoms with van der Waals surface area (Å²) >= 11 is 0. The summed E-state index contributed by atoms with van der Waals surface area (Å²) in [6, 6.07) is 0. The van der Waals surface area contributed by atoms with Gasteiger partial charge in [0.15, 0.2) is 6.10 Å². The van der Waals surface area contributed by atoms with Crippen molar-refractivity contribution in [3.63, 3.8) is 0 Å². The van der Waals surface area contributed by atoms with E-state index in [1.807, 2.05) is 0 Å². The standard InChI is InChI=1S/C48H89O8P/c1-4-6-8-10-12-14-16-18-20-21-22-23-24-25-26-27-29-30-32-34-36-38-40-42-47(49)54-44-46(45-55-57(51,52)53-3)56-48(50)43-41-39-37-35-33-31-28-19-17-15-13-11-9-7-5-2/h7,9,13,15,19,28,46H,4-6,8,10-12,14,16-18,20-27,29-45H2,1-3H3,(H,51,52)/b9-7-,15-13-,28-19-. The minimum absolute atomic E-state index is 0.227. The monoisotopic (exact) mass is 825 g/mol. The number of unbranched alkanes of at least 4 members (excludes halogenated alkanes) is 27. The zero-order chi connectivity index (χ0) is 41.8. The summed E-state index contributed by atoms with van der Waals surface area (Å²) in [5.41, 5.74) is 0. The number of ether oxygens (including phenoxy) is 2. The molecule has 0 saturated carbocycles. The molecule has 0 radical (unpaired) electrons. The van der Waals surface area contributed by atoms with E-state index in [1.54, 1.807) is 0 Å². The number of hydrogen-bond donors (Lipinski definition) is 1. The lowest BCUT2D eigenvalue weighted by Crippen LogP contribution is -2.29. The van der Waals surface area contributed by atoms with Crippen LogP contribution in [0.2, 0.25) is 0 Å². The Hall–Kier alpha value is -1.73. The molecule has 0 aliphatic heterocycles. The Morgan fingerprint density at radius 3 is 1.33 bits per heavy atom. The van der Waals surface area contributed by atoms with Crippen LogP contribution in [0.15, 0.2) is 36.5 Å². The summed E-state index contributed by atoms with van der Waals surface area (Å²) in [6.45, 7) is 3.79. The second-order valence-electron chi connectivity index (χ2n) is 15.9. The molecule has 334 valence electrons. The molecule has 0 fully saturated rings. The predicted molar refractivity (Wildman–Crippen MR) is 239 cm³/mol. The molecular formula is C48H89O8P. The molecule has 0 aliphatic rings. The van der Waals surface area contributed by atoms with Crippen molar-refractivity contribution in [1.29, 1.82) is 0 Å². The second kappa shape index (κ2) is 43.8. The minimum Gasteiger partial charge on any atom is -0.462 e. The van der Waals surface area contributed by atoms with Crippen LogP contribution < -0.4 is 0 Å². The van der Waals surface area contributed by atoms with Crippen LogP contribution in [-0.2, 0) is 32.7 Å². The number of carbonyl (C=O) groups excluding carboxylic acids is 2. The van der Waals surface area contributed by atoms with Crippen LogP contribution in [0.5, 0.6) is 0 Å². The molecule has 2 atom stereocenters. The van der Waals surface area contributed by atoms with E-state index in [0.29, 0.717) is 12.8 Å². The maximum atomic E-state index is 12.5. The molecule has 0 heterocycles. The van der Waals surface area contributed by atoms with Crippen LogP contribution in [0.25, 0.3) is 0 Å². The summed E-state index contributed by atoms with van der Waals surface area (Å²) < 4.78 is 32.0. The van der Waals surface area contributed by atoms with Crippen molar-refractivity contribution in [2.24, 2.45) is 0 Å². The van der Waals surface area contributed by atoms with Gasteiger partial charge in [-0.25, -0.2) is 4.57 Å². The molecule has 0 saturated heterocycles. The van der Waals surface area contributed by atoms with E-state index < -0.39 is 26.5 Å². The Morgan fingerprint density at radius 2 is 0.895 bits per heavy atom. The van der Waals surface area contributed by atoms with Crippen molar-refractivity contribution in [3.8, 4) is 0 Å². The molecule has 0 aromatic rings. The maximum absolute atomic E-state index is 12.5. The maximum Gasteiger partial charge on any atom is 0.472 e. The lowest BCUT2D eigenvalue weighted by molar-refractivity contribution is -0.161. The molecule has 1 N–H and O–H groups in total. The molecule has 0 spiro atoms. The first-order valence-electron chi connectivity index (χ1n) is 23.7. The number of carbonyl (C=O) groups is 2. The van der Waals surface area contributed by atoms with Crippen LogP contribution in [0, 0.1) is 0 Å². The van der Waals surface area contributed by atoms with Gasteiger partial charge < -0.3 is 14.4 Å². The van der Waals surface area contributed by atoms with Crippen molar-refractivity contribution in [2.45, 2.75) is 238 Å². The van der Waals surface area contributed by atoms with Gasteiger partial charge in [-0.2, -0.15) is 0 Å². The van der Waals surface area contributed by atoms with E-state index in [4.69, 9.17) is 14.0 Å². The fourth-order valence-electron chi connectivity index (χ4n) is 6.79. The third kappa shape index (κ3) is 43.7. The minimum atomic E-state index is -4.27. The van der Waals surface area contributed by atoms with Crippen molar-refractivity contribution in [2.75, 3.05) is 20.3 Å². The number of phosphoric acid groups is 1. The van der Waals surface area contributed by atoms with Crippen LogP contribution in [0.3, 0.4) is 0 Å². The number of phosphoric ester groups is 1. The molecule has 0 rings (SSSR count). The fourth-order valence-corrected chi connectivity index (χ4v) is 7.25. The number of allylic oxidation sites excluding steroid dienone is 6. The molecule has 0 bridgehead atoms. The van der Waals surface area contributed by atoms with E-state index in [-0.39, 0.29) is 19.0 Å². The molecule has 0 aromatic carbocycles. The molecule has 57 heavy (non-hydrogen) atoms. The molecule has 2 unspecified atom stereocenters. The molecule has 8 nitrogen and oxygen atoms in total. The zero-order valence-electron chi connectivity index (χ0n) is 37.2. The van der Waals surface area contributed by atoms with E-state index in [2.05, 4.69) is 54.8 Å². The van der Waals surface area contributed by atoms with Crippen molar-refractivity contribution >= 4 is 19.8 Å². The van der Waals surface area contributed by atoms with Gasteiger partial charge in [0.05, 0.1) is 6.61 Å². The average Bonchev–Trinajstić information content (AvgIpc) is 3.20. The van der Waals surface area contributed by atoms with Gasteiger partial charge in [-0.05, 0) is 44.9 Å². The highest BCUT2D eigenvalue weighted by Crippen LogP contribution is 2.42. The SMILES string of the molecule is CC/C=C\C/C=C\C/C=C\CCCCCCCC(=O)OC(COC(=O)CCCCCCCCCCCCCCCCCCCCCCCCC)COP(=O)(O)OC. The largest absolute Gasteiger partial charge is 0.472 e.